The van der Waals surface area contributed by atoms with Crippen molar-refractivity contribution in [2.24, 2.45) is 0 Å². The summed E-state index contributed by atoms with van der Waals surface area (Å²) >= 11 is 0. The van der Waals surface area contributed by atoms with E-state index in [0.29, 0.717) is 11.5 Å². The second-order valence-corrected chi connectivity index (χ2v) is 2.95. The molecular formula is C10H9N3O. The Bertz CT molecular complexity index is 448. The van der Waals surface area contributed by atoms with Crippen LogP contribution in [0.1, 0.15) is 16.2 Å². The zero-order chi connectivity index (χ0) is 9.97. The summed E-state index contributed by atoms with van der Waals surface area (Å²) in [6, 6.07) is 3.68. The van der Waals surface area contributed by atoms with E-state index < -0.39 is 0 Å². The zero-order valence-electron chi connectivity index (χ0n) is 7.69. The Morgan fingerprint density at radius 1 is 1.36 bits per heavy atom. The quantitative estimate of drug-likeness (QED) is 0.726. The minimum atomic E-state index is 0.455. The van der Waals surface area contributed by atoms with Gasteiger partial charge < -0.3 is 4.98 Å². The molecule has 0 aliphatic heterocycles. The number of H-pyrrole nitrogens is 1. The molecule has 2 aromatic rings. The fourth-order valence-electron chi connectivity index (χ4n) is 1.24. The molecule has 0 saturated heterocycles. The van der Waals surface area contributed by atoms with Gasteiger partial charge in [0.2, 0.25) is 0 Å². The van der Waals surface area contributed by atoms with Gasteiger partial charge in [-0.25, -0.2) is 4.98 Å². The molecule has 70 valence electrons. The van der Waals surface area contributed by atoms with E-state index in [-0.39, 0.29) is 0 Å². The van der Waals surface area contributed by atoms with Gasteiger partial charge in [-0.05, 0) is 19.1 Å². The summed E-state index contributed by atoms with van der Waals surface area (Å²) in [6.45, 7) is 1.82. The van der Waals surface area contributed by atoms with Gasteiger partial charge in [-0.1, -0.05) is 0 Å². The normalized spacial score (nSPS) is 10.1. The van der Waals surface area contributed by atoms with E-state index in [1.807, 2.05) is 19.1 Å². The Hall–Kier alpha value is -1.97. The topological polar surface area (TPSA) is 58.6 Å². The maximum atomic E-state index is 10.6. The molecule has 14 heavy (non-hydrogen) atoms. The van der Waals surface area contributed by atoms with E-state index in [4.69, 9.17) is 0 Å². The van der Waals surface area contributed by atoms with E-state index in [0.717, 1.165) is 17.5 Å². The fourth-order valence-corrected chi connectivity index (χ4v) is 1.24. The average Bonchev–Trinajstić information content (AvgIpc) is 2.61. The van der Waals surface area contributed by atoms with Crippen LogP contribution in [0.4, 0.5) is 0 Å². The molecule has 0 radical (unpaired) electrons. The first-order chi connectivity index (χ1) is 6.81. The van der Waals surface area contributed by atoms with Crippen molar-refractivity contribution in [3.05, 3.63) is 35.9 Å². The number of nitrogens with zero attached hydrogens (tertiary/aromatic N) is 2. The second-order valence-electron chi connectivity index (χ2n) is 2.95. The largest absolute Gasteiger partial charge is 0.341 e. The Morgan fingerprint density at radius 3 is 2.64 bits per heavy atom. The van der Waals surface area contributed by atoms with E-state index in [9.17, 15) is 4.79 Å². The van der Waals surface area contributed by atoms with Crippen molar-refractivity contribution in [1.82, 2.24) is 15.0 Å². The fraction of sp³-hybridized carbons (Fsp3) is 0.100. The molecule has 0 fully saturated rings. The Kier molecular flexibility index (Phi) is 2.10. The van der Waals surface area contributed by atoms with E-state index in [1.54, 1.807) is 12.4 Å². The predicted octanol–water partition coefficient (Wildman–Crippen LogP) is 1.59. The highest BCUT2D eigenvalue weighted by atomic mass is 16.1. The molecule has 4 heteroatoms. The van der Waals surface area contributed by atoms with Crippen LogP contribution in [0.25, 0.3) is 11.4 Å². The summed E-state index contributed by atoms with van der Waals surface area (Å²) in [6.07, 6.45) is 4.12. The van der Waals surface area contributed by atoms with E-state index >= 15 is 0 Å². The third kappa shape index (κ3) is 1.42. The van der Waals surface area contributed by atoms with Crippen LogP contribution in [0.15, 0.2) is 24.5 Å². The first-order valence-corrected chi connectivity index (χ1v) is 4.23. The minimum absolute atomic E-state index is 0.455. The molecule has 2 rings (SSSR count). The molecule has 0 bridgehead atoms. The molecule has 0 atom stereocenters. The molecule has 0 amide bonds. The van der Waals surface area contributed by atoms with Gasteiger partial charge in [0.25, 0.3) is 0 Å². The van der Waals surface area contributed by atoms with E-state index in [2.05, 4.69) is 15.0 Å². The number of aromatic nitrogens is 3. The third-order valence-corrected chi connectivity index (χ3v) is 1.99. The van der Waals surface area contributed by atoms with Crippen molar-refractivity contribution in [3.63, 3.8) is 0 Å². The van der Waals surface area contributed by atoms with Crippen LogP contribution in [-0.4, -0.2) is 21.2 Å². The standard InChI is InChI=1S/C10H9N3O/c1-7-9(6-14)13-10(12-7)8-2-4-11-5-3-8/h2-6H,1H3,(H,12,13). The minimum Gasteiger partial charge on any atom is -0.341 e. The van der Waals surface area contributed by atoms with Crippen molar-refractivity contribution >= 4 is 6.29 Å². The first kappa shape index (κ1) is 8.62. The average molecular weight is 187 g/mol. The molecule has 0 saturated carbocycles. The number of aldehydes is 1. The molecule has 0 unspecified atom stereocenters. The number of carbonyl (C=O) groups excluding carboxylic acids is 1. The van der Waals surface area contributed by atoms with Crippen molar-refractivity contribution in [1.29, 1.82) is 0 Å². The highest BCUT2D eigenvalue weighted by Crippen LogP contribution is 2.15. The maximum Gasteiger partial charge on any atom is 0.170 e. The first-order valence-electron chi connectivity index (χ1n) is 4.23. The molecule has 0 aromatic carbocycles. The van der Waals surface area contributed by atoms with Crippen LogP contribution in [0.3, 0.4) is 0 Å². The molecule has 0 aliphatic carbocycles. The zero-order valence-corrected chi connectivity index (χ0v) is 7.69. The van der Waals surface area contributed by atoms with Gasteiger partial charge in [0.05, 0.1) is 0 Å². The summed E-state index contributed by atoms with van der Waals surface area (Å²) in [5.41, 5.74) is 2.17. The molecule has 1 N–H and O–H groups in total. The van der Waals surface area contributed by atoms with Crippen LogP contribution in [0.2, 0.25) is 0 Å². The number of aryl methyl sites for hydroxylation is 1. The van der Waals surface area contributed by atoms with Gasteiger partial charge >= 0.3 is 0 Å². The molecule has 4 nitrogen and oxygen atoms in total. The van der Waals surface area contributed by atoms with Gasteiger partial charge in [0, 0.05) is 23.7 Å². The lowest BCUT2D eigenvalue weighted by molar-refractivity contribution is 0.111. The summed E-state index contributed by atoms with van der Waals surface area (Å²) in [4.78, 5) is 21.7. The van der Waals surface area contributed by atoms with Crippen LogP contribution in [0.5, 0.6) is 0 Å². The molecule has 2 aromatic heterocycles. The summed E-state index contributed by atoms with van der Waals surface area (Å²) in [5.74, 6) is 0.701. The second kappa shape index (κ2) is 3.41. The van der Waals surface area contributed by atoms with Gasteiger partial charge in [-0.2, -0.15) is 0 Å². The highest BCUT2D eigenvalue weighted by Gasteiger charge is 2.06. The van der Waals surface area contributed by atoms with Gasteiger partial charge in [0.1, 0.15) is 11.5 Å². The van der Waals surface area contributed by atoms with Gasteiger partial charge in [-0.3, -0.25) is 9.78 Å². The Labute approximate surface area is 81.0 Å². The van der Waals surface area contributed by atoms with Crippen molar-refractivity contribution in [2.75, 3.05) is 0 Å². The van der Waals surface area contributed by atoms with Gasteiger partial charge in [-0.15, -0.1) is 0 Å². The van der Waals surface area contributed by atoms with Crippen LogP contribution in [-0.2, 0) is 0 Å². The number of pyridine rings is 1. The number of hydrogen-bond acceptors (Lipinski definition) is 3. The lowest BCUT2D eigenvalue weighted by atomic mass is 10.2. The number of imidazole rings is 1. The smallest absolute Gasteiger partial charge is 0.170 e. The number of aromatic amines is 1. The lowest BCUT2D eigenvalue weighted by Crippen LogP contribution is -1.82. The number of nitrogens with one attached hydrogen (secondary N) is 1. The predicted molar refractivity (Wildman–Crippen MR) is 51.9 cm³/mol. The SMILES string of the molecule is Cc1[nH]c(-c2ccncc2)nc1C=O. The van der Waals surface area contributed by atoms with Gasteiger partial charge in [0.15, 0.2) is 6.29 Å². The maximum absolute atomic E-state index is 10.6. The Balaban J connectivity index is 2.48. The van der Waals surface area contributed by atoms with Crippen LogP contribution >= 0.6 is 0 Å². The monoisotopic (exact) mass is 187 g/mol. The van der Waals surface area contributed by atoms with E-state index in [1.165, 1.54) is 0 Å². The molecule has 0 spiro atoms. The molecule has 0 aliphatic rings. The number of hydrogen-bond donors (Lipinski definition) is 1. The highest BCUT2D eigenvalue weighted by molar-refractivity contribution is 5.75. The third-order valence-electron chi connectivity index (χ3n) is 1.99. The lowest BCUT2D eigenvalue weighted by Gasteiger charge is -1.93. The molecule has 2 heterocycles. The van der Waals surface area contributed by atoms with Crippen LogP contribution < -0.4 is 0 Å². The van der Waals surface area contributed by atoms with Crippen molar-refractivity contribution < 1.29 is 4.79 Å². The number of carbonyl (C=O) groups is 1. The van der Waals surface area contributed by atoms with Crippen LogP contribution in [0, 0.1) is 6.92 Å². The summed E-state index contributed by atoms with van der Waals surface area (Å²) in [7, 11) is 0. The molecular weight excluding hydrogens is 178 g/mol. The number of rotatable bonds is 2. The van der Waals surface area contributed by atoms with Crippen molar-refractivity contribution in [2.45, 2.75) is 6.92 Å². The summed E-state index contributed by atoms with van der Waals surface area (Å²) in [5, 5.41) is 0. The van der Waals surface area contributed by atoms with Crippen molar-refractivity contribution in [3.8, 4) is 11.4 Å². The Morgan fingerprint density at radius 2 is 2.07 bits per heavy atom. The summed E-state index contributed by atoms with van der Waals surface area (Å²) < 4.78 is 0.